The van der Waals surface area contributed by atoms with Crippen molar-refractivity contribution in [3.8, 4) is 11.1 Å². The summed E-state index contributed by atoms with van der Waals surface area (Å²) in [7, 11) is 0. The van der Waals surface area contributed by atoms with E-state index in [2.05, 4.69) is 0 Å². The molecule has 130 valence electrons. The highest BCUT2D eigenvalue weighted by molar-refractivity contribution is 5.84. The molecule has 3 unspecified atom stereocenters. The van der Waals surface area contributed by atoms with E-state index >= 15 is 0 Å². The number of hydrogen-bond acceptors (Lipinski definition) is 2. The Morgan fingerprint density at radius 2 is 1.84 bits per heavy atom. The van der Waals surface area contributed by atoms with Gasteiger partial charge in [0.2, 0.25) is 5.91 Å². The van der Waals surface area contributed by atoms with Gasteiger partial charge in [0, 0.05) is 31.1 Å². The molecule has 2 N–H and O–H groups in total. The lowest BCUT2D eigenvalue weighted by Crippen LogP contribution is -2.33. The summed E-state index contributed by atoms with van der Waals surface area (Å²) in [4.78, 5) is 14.5. The van der Waals surface area contributed by atoms with Gasteiger partial charge in [-0.2, -0.15) is 0 Å². The topological polar surface area (TPSA) is 46.3 Å². The third-order valence-electron chi connectivity index (χ3n) is 5.18. The zero-order valence-corrected chi connectivity index (χ0v) is 13.8. The number of nitrogens with two attached hydrogens (primary N) is 1. The molecule has 5 heteroatoms. The normalized spacial score (nSPS) is 25.2. The Balaban J connectivity index is 1.59. The summed E-state index contributed by atoms with van der Waals surface area (Å²) in [6.45, 7) is 1.35. The maximum atomic E-state index is 13.6. The summed E-state index contributed by atoms with van der Waals surface area (Å²) in [5.41, 5.74) is 8.17. The van der Waals surface area contributed by atoms with Gasteiger partial charge in [0.25, 0.3) is 0 Å². The first kappa shape index (κ1) is 16.2. The van der Waals surface area contributed by atoms with Gasteiger partial charge in [0.15, 0.2) is 0 Å². The lowest BCUT2D eigenvalue weighted by atomic mass is 9.95. The van der Waals surface area contributed by atoms with Crippen molar-refractivity contribution >= 4 is 5.91 Å². The van der Waals surface area contributed by atoms with Crippen molar-refractivity contribution in [2.45, 2.75) is 24.8 Å². The van der Waals surface area contributed by atoms with E-state index in [0.29, 0.717) is 12.1 Å². The molecule has 1 heterocycles. The predicted molar refractivity (Wildman–Crippen MR) is 91.8 cm³/mol. The molecular weight excluding hydrogens is 322 g/mol. The van der Waals surface area contributed by atoms with Crippen molar-refractivity contribution in [1.82, 2.24) is 4.90 Å². The van der Waals surface area contributed by atoms with Gasteiger partial charge >= 0.3 is 0 Å². The van der Waals surface area contributed by atoms with Crippen LogP contribution >= 0.6 is 0 Å². The third kappa shape index (κ3) is 3.16. The number of rotatable bonds is 3. The molecule has 2 aromatic rings. The second kappa shape index (κ2) is 6.23. The summed E-state index contributed by atoms with van der Waals surface area (Å²) in [6.07, 6.45) is 1.63. The van der Waals surface area contributed by atoms with Crippen LogP contribution < -0.4 is 5.73 Å². The maximum Gasteiger partial charge on any atom is 0.226 e. The average molecular weight is 342 g/mol. The van der Waals surface area contributed by atoms with Gasteiger partial charge in [0.1, 0.15) is 11.6 Å². The van der Waals surface area contributed by atoms with Crippen molar-refractivity contribution in [2.24, 2.45) is 11.7 Å². The molecule has 3 atom stereocenters. The van der Waals surface area contributed by atoms with Crippen LogP contribution in [0.2, 0.25) is 0 Å². The van der Waals surface area contributed by atoms with Crippen LogP contribution in [0.1, 0.15) is 24.3 Å². The highest BCUT2D eigenvalue weighted by Crippen LogP contribution is 2.51. The predicted octanol–water partition coefficient (Wildman–Crippen LogP) is 3.29. The van der Waals surface area contributed by atoms with Crippen LogP contribution in [0, 0.1) is 17.6 Å². The summed E-state index contributed by atoms with van der Waals surface area (Å²) < 4.78 is 27.2. The van der Waals surface area contributed by atoms with Crippen molar-refractivity contribution < 1.29 is 13.6 Å². The second-order valence-corrected chi connectivity index (χ2v) is 7.03. The SMILES string of the molecule is NC1CCN(C(=O)C2CC2c2ccccc2-c2cc(F)cc(F)c2)C1. The number of carbonyl (C=O) groups excluding carboxylic acids is 1. The number of nitrogens with zero attached hydrogens (tertiary/aromatic N) is 1. The van der Waals surface area contributed by atoms with Crippen LogP contribution in [0.15, 0.2) is 42.5 Å². The molecule has 2 aromatic carbocycles. The Labute approximate surface area is 145 Å². The highest BCUT2D eigenvalue weighted by Gasteiger charge is 2.47. The van der Waals surface area contributed by atoms with E-state index in [-0.39, 0.29) is 23.8 Å². The monoisotopic (exact) mass is 342 g/mol. The van der Waals surface area contributed by atoms with Crippen LogP contribution in [-0.2, 0) is 4.79 Å². The van der Waals surface area contributed by atoms with E-state index in [1.807, 2.05) is 29.2 Å². The van der Waals surface area contributed by atoms with Gasteiger partial charge in [-0.15, -0.1) is 0 Å². The minimum absolute atomic E-state index is 0.0511. The molecule has 3 nitrogen and oxygen atoms in total. The molecule has 2 fully saturated rings. The van der Waals surface area contributed by atoms with Crippen LogP contribution in [-0.4, -0.2) is 29.9 Å². The molecule has 0 spiro atoms. The first-order chi connectivity index (χ1) is 12.0. The summed E-state index contributed by atoms with van der Waals surface area (Å²) >= 11 is 0. The van der Waals surface area contributed by atoms with Gasteiger partial charge in [-0.3, -0.25) is 4.79 Å². The lowest BCUT2D eigenvalue weighted by molar-refractivity contribution is -0.131. The van der Waals surface area contributed by atoms with Crippen LogP contribution in [0.5, 0.6) is 0 Å². The fourth-order valence-corrected chi connectivity index (χ4v) is 3.83. The number of benzene rings is 2. The van der Waals surface area contributed by atoms with E-state index in [0.717, 1.165) is 36.6 Å². The van der Waals surface area contributed by atoms with E-state index in [4.69, 9.17) is 5.73 Å². The number of halogens is 2. The summed E-state index contributed by atoms with van der Waals surface area (Å²) in [5, 5.41) is 0. The molecule has 0 bridgehead atoms. The van der Waals surface area contributed by atoms with Gasteiger partial charge < -0.3 is 10.6 Å². The van der Waals surface area contributed by atoms with Crippen molar-refractivity contribution in [3.63, 3.8) is 0 Å². The van der Waals surface area contributed by atoms with Crippen LogP contribution in [0.25, 0.3) is 11.1 Å². The maximum absolute atomic E-state index is 13.6. The molecule has 1 amide bonds. The Kier molecular flexibility index (Phi) is 4.04. The fraction of sp³-hybridized carbons (Fsp3) is 0.350. The second-order valence-electron chi connectivity index (χ2n) is 7.03. The molecule has 25 heavy (non-hydrogen) atoms. The van der Waals surface area contributed by atoms with Crippen molar-refractivity contribution in [3.05, 3.63) is 59.7 Å². The van der Waals surface area contributed by atoms with Gasteiger partial charge in [0.05, 0.1) is 0 Å². The molecule has 1 saturated heterocycles. The molecule has 1 saturated carbocycles. The lowest BCUT2D eigenvalue weighted by Gasteiger charge is -2.16. The molecular formula is C20H20F2N2O. The first-order valence-electron chi connectivity index (χ1n) is 8.62. The number of carbonyl (C=O) groups is 1. The fourth-order valence-electron chi connectivity index (χ4n) is 3.83. The zero-order valence-electron chi connectivity index (χ0n) is 13.8. The summed E-state index contributed by atoms with van der Waals surface area (Å²) in [6, 6.07) is 11.2. The molecule has 0 aromatic heterocycles. The third-order valence-corrected chi connectivity index (χ3v) is 5.18. The Hall–Kier alpha value is -2.27. The van der Waals surface area contributed by atoms with Crippen molar-refractivity contribution in [1.29, 1.82) is 0 Å². The zero-order chi connectivity index (χ0) is 17.6. The van der Waals surface area contributed by atoms with Gasteiger partial charge in [-0.05, 0) is 47.6 Å². The standard InChI is InChI=1S/C20H20F2N2O/c21-13-7-12(8-14(22)9-13)16-3-1-2-4-17(16)18-10-19(18)20(25)24-6-5-15(23)11-24/h1-4,7-9,15,18-19H,5-6,10-11,23H2. The summed E-state index contributed by atoms with van der Waals surface area (Å²) in [5.74, 6) is -0.992. The van der Waals surface area contributed by atoms with E-state index < -0.39 is 11.6 Å². The molecule has 4 rings (SSSR count). The minimum Gasteiger partial charge on any atom is -0.341 e. The molecule has 2 aliphatic rings. The first-order valence-corrected chi connectivity index (χ1v) is 8.62. The van der Waals surface area contributed by atoms with Crippen molar-refractivity contribution in [2.75, 3.05) is 13.1 Å². The van der Waals surface area contributed by atoms with E-state index in [1.54, 1.807) is 0 Å². The van der Waals surface area contributed by atoms with Crippen LogP contribution in [0.3, 0.4) is 0 Å². The minimum atomic E-state index is -0.598. The highest BCUT2D eigenvalue weighted by atomic mass is 19.1. The van der Waals surface area contributed by atoms with E-state index in [9.17, 15) is 13.6 Å². The number of hydrogen-bond donors (Lipinski definition) is 1. The van der Waals surface area contributed by atoms with Gasteiger partial charge in [-0.25, -0.2) is 8.78 Å². The average Bonchev–Trinajstić information content (AvgIpc) is 3.27. The van der Waals surface area contributed by atoms with E-state index in [1.165, 1.54) is 12.1 Å². The Morgan fingerprint density at radius 1 is 1.12 bits per heavy atom. The largest absolute Gasteiger partial charge is 0.341 e. The smallest absolute Gasteiger partial charge is 0.226 e. The molecule has 0 radical (unpaired) electrons. The van der Waals surface area contributed by atoms with Crippen LogP contribution in [0.4, 0.5) is 8.78 Å². The molecule has 1 aliphatic heterocycles. The van der Waals surface area contributed by atoms with Gasteiger partial charge in [-0.1, -0.05) is 24.3 Å². The quantitative estimate of drug-likeness (QED) is 0.930. The Bertz CT molecular complexity index is 803. The Morgan fingerprint density at radius 3 is 2.52 bits per heavy atom. The number of amides is 1. The number of likely N-dealkylation sites (tertiary alicyclic amines) is 1. The molecule has 1 aliphatic carbocycles.